The van der Waals surface area contributed by atoms with Crippen LogP contribution in [0, 0.1) is 62.2 Å². The third-order valence-electron chi connectivity index (χ3n) is 6.35. The van der Waals surface area contributed by atoms with E-state index in [4.69, 9.17) is 0 Å². The van der Waals surface area contributed by atoms with Gasteiger partial charge in [0.15, 0.2) is 0 Å². The van der Waals surface area contributed by atoms with E-state index in [2.05, 4.69) is 89.1 Å². The van der Waals surface area contributed by atoms with Gasteiger partial charge in [0.25, 0.3) is 0 Å². The molecule has 29 heavy (non-hydrogen) atoms. The quantitative estimate of drug-likeness (QED) is 0.356. The monoisotopic (exact) mass is 468 g/mol. The summed E-state index contributed by atoms with van der Waals surface area (Å²) in [6.45, 7) is 11.4. The Labute approximate surface area is 201 Å². The van der Waals surface area contributed by atoms with Crippen LogP contribution in [0.25, 0.3) is 0 Å². The molecule has 0 bridgehead atoms. The van der Waals surface area contributed by atoms with Gasteiger partial charge in [-0.3, -0.25) is 0 Å². The van der Waals surface area contributed by atoms with E-state index in [1.165, 1.54) is 38.5 Å². The second kappa shape index (κ2) is 15.6. The predicted molar refractivity (Wildman–Crippen MR) is 125 cm³/mol. The summed E-state index contributed by atoms with van der Waals surface area (Å²) in [5.41, 5.74) is 0. The summed E-state index contributed by atoms with van der Waals surface area (Å²) in [5.74, 6) is 4.74. The van der Waals surface area contributed by atoms with Crippen LogP contribution in [-0.2, 0) is 26.2 Å². The van der Waals surface area contributed by atoms with Crippen LogP contribution in [0.1, 0.15) is 65.2 Å². The summed E-state index contributed by atoms with van der Waals surface area (Å²) in [6.07, 6.45) is 33.8. The first kappa shape index (κ1) is 26.9. The van der Waals surface area contributed by atoms with E-state index >= 15 is 0 Å². The molecule has 4 aliphatic carbocycles. The van der Waals surface area contributed by atoms with E-state index in [0.717, 1.165) is 48.3 Å². The molecule has 6 atom stereocenters. The van der Waals surface area contributed by atoms with Crippen molar-refractivity contribution >= 4 is 0 Å². The van der Waals surface area contributed by atoms with Gasteiger partial charge in [-0.15, -0.1) is 24.0 Å². The third-order valence-corrected chi connectivity index (χ3v) is 6.35. The average Bonchev–Trinajstić information content (AvgIpc) is 3.35. The maximum absolute atomic E-state index is 3.60. The predicted octanol–water partition coefficient (Wildman–Crippen LogP) is 8.17. The average molecular weight is 470 g/mol. The van der Waals surface area contributed by atoms with Crippen LogP contribution in [0.3, 0.4) is 0 Å². The van der Waals surface area contributed by atoms with Crippen LogP contribution in [0.5, 0.6) is 0 Å². The van der Waals surface area contributed by atoms with Crippen LogP contribution in [0.4, 0.5) is 0 Å². The number of hydrogen-bond donors (Lipinski definition) is 0. The standard InChI is InChI=1S/C20H24.2C4H9.Zr/c1-2-6-18-12-15(11-17(18)5-1)9-10-16-13-19-7-3-4-8-20(19)14-16;2*1-3-4-2;/h1-8,11,13,15-20H,9-10,12,14H2;2*1,3-4H2,2H3;/q-2;2*-1;+4. The molecule has 0 aromatic rings. The molecule has 0 aliphatic heterocycles. The van der Waals surface area contributed by atoms with E-state index in [1.807, 2.05) is 0 Å². The Morgan fingerprint density at radius 1 is 0.690 bits per heavy atom. The minimum Gasteiger partial charge on any atom is -0.343 e. The summed E-state index contributed by atoms with van der Waals surface area (Å²) in [6, 6.07) is 0. The fraction of sp³-hybridized carbons (Fsp3) is 0.571. The zero-order chi connectivity index (χ0) is 20.2. The van der Waals surface area contributed by atoms with Gasteiger partial charge in [0.1, 0.15) is 0 Å². The van der Waals surface area contributed by atoms with Crippen molar-refractivity contribution in [1.29, 1.82) is 0 Å². The topological polar surface area (TPSA) is 0 Å². The molecule has 0 heterocycles. The van der Waals surface area contributed by atoms with Gasteiger partial charge in [0.2, 0.25) is 0 Å². The molecule has 2 saturated carbocycles. The molecule has 6 unspecified atom stereocenters. The van der Waals surface area contributed by atoms with E-state index in [0.29, 0.717) is 0 Å². The second-order valence-electron chi connectivity index (χ2n) is 8.68. The zero-order valence-corrected chi connectivity index (χ0v) is 21.3. The molecule has 0 radical (unpaired) electrons. The Morgan fingerprint density at radius 3 is 1.34 bits per heavy atom. The number of fused-ring (bicyclic) bond motifs is 2. The molecule has 0 nitrogen and oxygen atoms in total. The van der Waals surface area contributed by atoms with Gasteiger partial charge in [-0.05, 0) is 11.8 Å². The normalized spacial score (nSPS) is 33.0. The largest absolute Gasteiger partial charge is 4.00 e. The van der Waals surface area contributed by atoms with Gasteiger partial charge in [0, 0.05) is 0 Å². The molecule has 2 fully saturated rings. The van der Waals surface area contributed by atoms with E-state index in [-0.39, 0.29) is 26.2 Å². The minimum atomic E-state index is 0. The van der Waals surface area contributed by atoms with E-state index < -0.39 is 0 Å². The number of rotatable bonds is 5. The van der Waals surface area contributed by atoms with Crippen LogP contribution in [0.15, 0.2) is 48.6 Å². The fourth-order valence-corrected chi connectivity index (χ4v) is 4.57. The van der Waals surface area contributed by atoms with Crippen molar-refractivity contribution in [3.05, 3.63) is 75.3 Å². The Kier molecular flexibility index (Phi) is 14.5. The maximum Gasteiger partial charge on any atom is 4.00 e. The third kappa shape index (κ3) is 9.25. The molecule has 158 valence electrons. The van der Waals surface area contributed by atoms with Crippen LogP contribution < -0.4 is 0 Å². The molecule has 0 amide bonds. The van der Waals surface area contributed by atoms with Crippen LogP contribution >= 0.6 is 0 Å². The van der Waals surface area contributed by atoms with E-state index in [1.54, 1.807) is 0 Å². The summed E-state index contributed by atoms with van der Waals surface area (Å²) in [4.78, 5) is 0. The first-order chi connectivity index (χ1) is 13.7. The van der Waals surface area contributed by atoms with Crippen molar-refractivity contribution in [2.24, 2.45) is 35.5 Å². The summed E-state index contributed by atoms with van der Waals surface area (Å²) < 4.78 is 0. The molecule has 4 aliphatic rings. The van der Waals surface area contributed by atoms with Crippen molar-refractivity contribution in [2.75, 3.05) is 0 Å². The molecule has 1 heteroatoms. The molecular formula is C28H42Zr. The Bertz CT molecular complexity index is 434. The Balaban J connectivity index is 0.000000405. The van der Waals surface area contributed by atoms with Crippen LogP contribution in [0.2, 0.25) is 0 Å². The van der Waals surface area contributed by atoms with Crippen molar-refractivity contribution in [1.82, 2.24) is 0 Å². The molecule has 0 aromatic heterocycles. The van der Waals surface area contributed by atoms with Crippen molar-refractivity contribution in [2.45, 2.75) is 65.2 Å². The molecule has 0 aromatic carbocycles. The van der Waals surface area contributed by atoms with Gasteiger partial charge in [-0.2, -0.15) is 24.7 Å². The first-order valence-electron chi connectivity index (χ1n) is 11.7. The zero-order valence-electron chi connectivity index (χ0n) is 18.8. The van der Waals surface area contributed by atoms with Gasteiger partial charge in [-0.1, -0.05) is 88.8 Å². The fourth-order valence-electron chi connectivity index (χ4n) is 4.57. The molecule has 4 rings (SSSR count). The summed E-state index contributed by atoms with van der Waals surface area (Å²) >= 11 is 0. The smallest absolute Gasteiger partial charge is 0.343 e. The van der Waals surface area contributed by atoms with Crippen LogP contribution in [-0.4, -0.2) is 0 Å². The number of allylic oxidation sites excluding steroid dienone is 8. The number of unbranched alkanes of at least 4 members (excludes halogenated alkanes) is 2. The number of hydrogen-bond acceptors (Lipinski definition) is 0. The Morgan fingerprint density at radius 2 is 1.03 bits per heavy atom. The summed E-state index contributed by atoms with van der Waals surface area (Å²) in [7, 11) is 0. The SMILES string of the molecule is C1=CC2[CH-]C(CCC3[CH-]C4C=CC=CC4C3)CC2C=C1.[CH2-]CCC.[CH2-]CCC.[Zr+4]. The van der Waals surface area contributed by atoms with E-state index in [9.17, 15) is 0 Å². The molecule has 0 spiro atoms. The first-order valence-corrected chi connectivity index (χ1v) is 11.7. The Hall–Kier alpha value is -0.157. The van der Waals surface area contributed by atoms with Gasteiger partial charge >= 0.3 is 26.2 Å². The second-order valence-corrected chi connectivity index (χ2v) is 8.68. The van der Waals surface area contributed by atoms with Gasteiger partial charge in [0.05, 0.1) is 0 Å². The van der Waals surface area contributed by atoms with Gasteiger partial charge in [-0.25, -0.2) is 0 Å². The van der Waals surface area contributed by atoms with Crippen molar-refractivity contribution < 1.29 is 26.2 Å². The summed E-state index contributed by atoms with van der Waals surface area (Å²) in [5, 5.41) is 0. The molecular weight excluding hydrogens is 428 g/mol. The van der Waals surface area contributed by atoms with Crippen molar-refractivity contribution in [3.8, 4) is 0 Å². The molecule has 0 saturated heterocycles. The van der Waals surface area contributed by atoms with Crippen molar-refractivity contribution in [3.63, 3.8) is 0 Å². The molecule has 0 N–H and O–H groups in total. The maximum atomic E-state index is 3.60. The minimum absolute atomic E-state index is 0. The van der Waals surface area contributed by atoms with Gasteiger partial charge < -0.3 is 26.7 Å².